The molecule has 2 heterocycles. The topological polar surface area (TPSA) is 62.3 Å². The van der Waals surface area contributed by atoms with Crippen LogP contribution in [0.4, 0.5) is 4.39 Å². The molecule has 26 heavy (non-hydrogen) atoms. The van der Waals surface area contributed by atoms with Crippen molar-refractivity contribution in [1.82, 2.24) is 14.6 Å². The second-order valence-corrected chi connectivity index (χ2v) is 8.68. The van der Waals surface area contributed by atoms with Crippen molar-refractivity contribution in [3.8, 4) is 0 Å². The maximum Gasteiger partial charge on any atom is 0.240 e. The third kappa shape index (κ3) is 5.01. The summed E-state index contributed by atoms with van der Waals surface area (Å²) in [5.74, 6) is -0.346. The molecule has 0 bridgehead atoms. The molecule has 0 aliphatic carbocycles. The molecule has 3 rings (SSSR count). The molecule has 1 aliphatic rings. The fourth-order valence-electron chi connectivity index (χ4n) is 3.05. The summed E-state index contributed by atoms with van der Waals surface area (Å²) in [5, 5.41) is -0.197. The molecule has 0 amide bonds. The minimum absolute atomic E-state index is 0.0148. The molecule has 1 saturated heterocycles. The zero-order chi connectivity index (χ0) is 18.6. The molecule has 1 aromatic heterocycles. The summed E-state index contributed by atoms with van der Waals surface area (Å²) in [6, 6.07) is 7.44. The lowest BCUT2D eigenvalue weighted by Gasteiger charge is -2.32. The number of nitrogens with one attached hydrogen (secondary N) is 1. The van der Waals surface area contributed by atoms with Gasteiger partial charge in [-0.1, -0.05) is 11.6 Å². The molecule has 0 radical (unpaired) electrons. The van der Waals surface area contributed by atoms with E-state index in [1.165, 1.54) is 11.6 Å². The largest absolute Gasteiger partial charge is 0.299 e. The van der Waals surface area contributed by atoms with E-state index in [0.717, 1.165) is 44.6 Å². The minimum Gasteiger partial charge on any atom is -0.299 e. The van der Waals surface area contributed by atoms with Crippen LogP contribution in [-0.4, -0.2) is 37.9 Å². The van der Waals surface area contributed by atoms with E-state index in [4.69, 9.17) is 11.6 Å². The highest BCUT2D eigenvalue weighted by molar-refractivity contribution is 7.89. The number of hydrogen-bond donors (Lipinski definition) is 1. The molecule has 1 N–H and O–H groups in total. The average molecular weight is 398 g/mol. The van der Waals surface area contributed by atoms with E-state index in [0.29, 0.717) is 6.54 Å². The summed E-state index contributed by atoms with van der Waals surface area (Å²) in [7, 11) is -3.68. The van der Waals surface area contributed by atoms with Crippen molar-refractivity contribution < 1.29 is 12.8 Å². The van der Waals surface area contributed by atoms with E-state index in [-0.39, 0.29) is 15.8 Å². The van der Waals surface area contributed by atoms with Crippen LogP contribution in [0.15, 0.2) is 47.6 Å². The highest BCUT2D eigenvalue weighted by Crippen LogP contribution is 2.21. The summed E-state index contributed by atoms with van der Waals surface area (Å²) in [6.07, 6.45) is 5.44. The average Bonchev–Trinajstić information content (AvgIpc) is 2.64. The van der Waals surface area contributed by atoms with Gasteiger partial charge >= 0.3 is 0 Å². The molecule has 8 heteroatoms. The number of benzene rings is 1. The highest BCUT2D eigenvalue weighted by Gasteiger charge is 2.22. The molecule has 140 valence electrons. The fraction of sp³-hybridized carbons (Fsp3) is 0.389. The second-order valence-electron chi connectivity index (χ2n) is 6.50. The Hall–Kier alpha value is -1.54. The second kappa shape index (κ2) is 8.43. The Morgan fingerprint density at radius 1 is 1.19 bits per heavy atom. The number of sulfonamides is 1. The SMILES string of the molecule is O=S(=O)(NCC1CCN(Cc2ccncc2)CC1)c1ccc(F)c(Cl)c1. The van der Waals surface area contributed by atoms with Gasteiger partial charge in [0.2, 0.25) is 10.0 Å². The molecule has 0 unspecified atom stereocenters. The maximum atomic E-state index is 13.2. The molecule has 1 aromatic carbocycles. The monoisotopic (exact) mass is 397 g/mol. The lowest BCUT2D eigenvalue weighted by Crippen LogP contribution is -2.38. The van der Waals surface area contributed by atoms with Gasteiger partial charge in [0.15, 0.2) is 0 Å². The van der Waals surface area contributed by atoms with Gasteiger partial charge in [0.05, 0.1) is 9.92 Å². The number of rotatable bonds is 6. The molecule has 0 saturated carbocycles. The first-order valence-corrected chi connectivity index (χ1v) is 10.4. The Labute approximate surface area is 158 Å². The van der Waals surface area contributed by atoms with Gasteiger partial charge in [-0.25, -0.2) is 17.5 Å². The van der Waals surface area contributed by atoms with E-state index < -0.39 is 15.8 Å². The molecular formula is C18H21ClFN3O2S. The zero-order valence-corrected chi connectivity index (χ0v) is 15.8. The Kier molecular flexibility index (Phi) is 6.24. The van der Waals surface area contributed by atoms with Crippen LogP contribution in [0.25, 0.3) is 0 Å². The summed E-state index contributed by atoms with van der Waals surface area (Å²) in [5.41, 5.74) is 1.23. The number of pyridine rings is 1. The lowest BCUT2D eigenvalue weighted by molar-refractivity contribution is 0.178. The minimum atomic E-state index is -3.68. The molecule has 2 aromatic rings. The van der Waals surface area contributed by atoms with Crippen molar-refractivity contribution in [1.29, 1.82) is 0 Å². The van der Waals surface area contributed by atoms with Gasteiger partial charge in [0, 0.05) is 25.5 Å². The van der Waals surface area contributed by atoms with Crippen LogP contribution in [0.2, 0.25) is 5.02 Å². The molecule has 1 fully saturated rings. The van der Waals surface area contributed by atoms with Gasteiger partial charge in [0.1, 0.15) is 5.82 Å². The van der Waals surface area contributed by atoms with Crippen LogP contribution >= 0.6 is 11.6 Å². The van der Waals surface area contributed by atoms with Gasteiger partial charge in [0.25, 0.3) is 0 Å². The molecule has 0 atom stereocenters. The van der Waals surface area contributed by atoms with Crippen LogP contribution in [0, 0.1) is 11.7 Å². The molecule has 1 aliphatic heterocycles. The van der Waals surface area contributed by atoms with Crippen molar-refractivity contribution in [3.05, 3.63) is 59.1 Å². The summed E-state index contributed by atoms with van der Waals surface area (Å²) >= 11 is 5.67. The molecule has 0 spiro atoms. The van der Waals surface area contributed by atoms with Crippen molar-refractivity contribution in [2.45, 2.75) is 24.3 Å². The standard InChI is InChI=1S/C18H21ClFN3O2S/c19-17-11-16(1-2-18(17)20)26(24,25)22-12-14-5-9-23(10-6-14)13-15-3-7-21-8-4-15/h1-4,7-8,11,14,22H,5-6,9-10,12-13H2. The maximum absolute atomic E-state index is 13.2. The first kappa shape index (κ1) is 19.2. The van der Waals surface area contributed by atoms with Crippen LogP contribution < -0.4 is 4.72 Å². The van der Waals surface area contributed by atoms with Gasteiger partial charge in [-0.05, 0) is 67.7 Å². The van der Waals surface area contributed by atoms with E-state index in [2.05, 4.69) is 14.6 Å². The summed E-state index contributed by atoms with van der Waals surface area (Å²) in [4.78, 5) is 6.37. The quantitative estimate of drug-likeness (QED) is 0.813. The first-order chi connectivity index (χ1) is 12.4. The number of piperidine rings is 1. The van der Waals surface area contributed by atoms with E-state index in [9.17, 15) is 12.8 Å². The first-order valence-electron chi connectivity index (χ1n) is 8.50. The Bertz CT molecular complexity index is 841. The van der Waals surface area contributed by atoms with E-state index in [1.807, 2.05) is 12.1 Å². The normalized spacial score (nSPS) is 16.7. The van der Waals surface area contributed by atoms with Crippen LogP contribution in [0.5, 0.6) is 0 Å². The smallest absolute Gasteiger partial charge is 0.240 e. The van der Waals surface area contributed by atoms with Gasteiger partial charge in [-0.15, -0.1) is 0 Å². The summed E-state index contributed by atoms with van der Waals surface area (Å²) < 4.78 is 40.5. The van der Waals surface area contributed by atoms with Gasteiger partial charge < -0.3 is 0 Å². The van der Waals surface area contributed by atoms with Crippen molar-refractivity contribution in [2.24, 2.45) is 5.92 Å². The zero-order valence-electron chi connectivity index (χ0n) is 14.2. The Morgan fingerprint density at radius 3 is 2.54 bits per heavy atom. The van der Waals surface area contributed by atoms with Crippen LogP contribution in [0.1, 0.15) is 18.4 Å². The van der Waals surface area contributed by atoms with Crippen molar-refractivity contribution in [2.75, 3.05) is 19.6 Å². The van der Waals surface area contributed by atoms with Crippen LogP contribution in [-0.2, 0) is 16.6 Å². The predicted octanol–water partition coefficient (Wildman–Crippen LogP) is 3.06. The summed E-state index contributed by atoms with van der Waals surface area (Å²) in [6.45, 7) is 3.11. The number of likely N-dealkylation sites (tertiary alicyclic amines) is 1. The van der Waals surface area contributed by atoms with Crippen LogP contribution in [0.3, 0.4) is 0 Å². The lowest BCUT2D eigenvalue weighted by atomic mass is 9.97. The van der Waals surface area contributed by atoms with Gasteiger partial charge in [-0.3, -0.25) is 9.88 Å². The highest BCUT2D eigenvalue weighted by atomic mass is 35.5. The van der Waals surface area contributed by atoms with Gasteiger partial charge in [-0.2, -0.15) is 0 Å². The van der Waals surface area contributed by atoms with Crippen molar-refractivity contribution >= 4 is 21.6 Å². The number of hydrogen-bond acceptors (Lipinski definition) is 4. The molecular weight excluding hydrogens is 377 g/mol. The fourth-order valence-corrected chi connectivity index (χ4v) is 4.44. The number of aromatic nitrogens is 1. The third-order valence-electron chi connectivity index (χ3n) is 4.63. The van der Waals surface area contributed by atoms with Crippen molar-refractivity contribution in [3.63, 3.8) is 0 Å². The van der Waals surface area contributed by atoms with E-state index in [1.54, 1.807) is 12.4 Å². The predicted molar refractivity (Wildman–Crippen MR) is 98.8 cm³/mol. The Morgan fingerprint density at radius 2 is 1.88 bits per heavy atom. The molecule has 5 nitrogen and oxygen atoms in total. The number of halogens is 2. The number of nitrogens with zero attached hydrogens (tertiary/aromatic N) is 2. The van der Waals surface area contributed by atoms with E-state index >= 15 is 0 Å². The third-order valence-corrected chi connectivity index (χ3v) is 6.34. The Balaban J connectivity index is 1.49.